The highest BCUT2D eigenvalue weighted by Gasteiger charge is 2.26. The summed E-state index contributed by atoms with van der Waals surface area (Å²) in [5, 5.41) is 22.6. The van der Waals surface area contributed by atoms with Crippen molar-refractivity contribution in [3.8, 4) is 28.6 Å². The van der Waals surface area contributed by atoms with E-state index >= 15 is 0 Å². The number of aromatic hydroxyl groups is 1. The third-order valence-corrected chi connectivity index (χ3v) is 4.61. The predicted octanol–water partition coefficient (Wildman–Crippen LogP) is 2.12. The van der Waals surface area contributed by atoms with Crippen molar-refractivity contribution in [2.75, 3.05) is 14.2 Å². The molecule has 2 aromatic rings. The third kappa shape index (κ3) is 4.41. The number of pyridine rings is 1. The molecule has 0 saturated heterocycles. The van der Waals surface area contributed by atoms with E-state index in [-0.39, 0.29) is 22.9 Å². The average Bonchev–Trinajstić information content (AvgIpc) is 3.01. The van der Waals surface area contributed by atoms with Crippen molar-refractivity contribution in [2.45, 2.75) is 38.7 Å². The van der Waals surface area contributed by atoms with Crippen LogP contribution in [0.25, 0.3) is 11.4 Å². The summed E-state index contributed by atoms with van der Waals surface area (Å²) in [6.45, 7) is 3.53. The van der Waals surface area contributed by atoms with Crippen LogP contribution in [0.5, 0.6) is 17.2 Å². The number of aryl methyl sites for hydroxylation is 1. The van der Waals surface area contributed by atoms with E-state index in [1.54, 1.807) is 19.2 Å². The number of nitrogens with zero attached hydrogens (tertiary/aromatic N) is 2. The van der Waals surface area contributed by atoms with Gasteiger partial charge in [0.05, 0.1) is 24.8 Å². The molecule has 9 heteroatoms. The Balaban J connectivity index is 2.39. The molecule has 142 valence electrons. The van der Waals surface area contributed by atoms with Gasteiger partial charge in [0.25, 0.3) is 5.91 Å². The molecule has 0 bridgehead atoms. The van der Waals surface area contributed by atoms with E-state index in [0.29, 0.717) is 18.5 Å². The molecular formula is C17H23N3O5S. The largest absolute Gasteiger partial charge is 0.503 e. The van der Waals surface area contributed by atoms with Gasteiger partial charge < -0.3 is 25.4 Å². The maximum Gasteiger partial charge on any atom is 0.271 e. The number of amides is 1. The highest BCUT2D eigenvalue weighted by atomic mass is 32.1. The molecule has 2 rings (SSSR count). The zero-order valence-corrected chi connectivity index (χ0v) is 16.0. The Bertz CT molecular complexity index is 798. The van der Waals surface area contributed by atoms with Crippen molar-refractivity contribution in [3.63, 3.8) is 0 Å². The molecule has 8 nitrogen and oxygen atoms in total. The maximum atomic E-state index is 11.6. The molecule has 0 saturated carbocycles. The van der Waals surface area contributed by atoms with Gasteiger partial charge in [0.15, 0.2) is 17.2 Å². The Kier molecular flexibility index (Phi) is 6.04. The standard InChI is InChI=1S/C17H23N3O5S/c1-17(2,23)7-5-6-10-19-9(8-26-10)11-14(24-3)15(25-4)13(21)12(20-11)16(18)22/h8,21,23H,5-7H2,1-4H3,(H2,18,22). The first-order valence-electron chi connectivity index (χ1n) is 7.99. The first-order chi connectivity index (χ1) is 12.2. The number of hydrogen-bond acceptors (Lipinski definition) is 8. The Morgan fingerprint density at radius 3 is 2.46 bits per heavy atom. The fraction of sp³-hybridized carbons (Fsp3) is 0.471. The number of ether oxygens (including phenoxy) is 2. The second kappa shape index (κ2) is 7.88. The van der Waals surface area contributed by atoms with Crippen LogP contribution in [0.1, 0.15) is 42.2 Å². The van der Waals surface area contributed by atoms with Crippen molar-refractivity contribution in [1.29, 1.82) is 0 Å². The fourth-order valence-electron chi connectivity index (χ4n) is 2.47. The van der Waals surface area contributed by atoms with Gasteiger partial charge in [0.1, 0.15) is 11.4 Å². The molecule has 0 aliphatic rings. The molecule has 2 aromatic heterocycles. The minimum Gasteiger partial charge on any atom is -0.503 e. The quantitative estimate of drug-likeness (QED) is 0.639. The summed E-state index contributed by atoms with van der Waals surface area (Å²) in [6, 6.07) is 0. The summed E-state index contributed by atoms with van der Waals surface area (Å²) < 4.78 is 10.5. The number of rotatable bonds is 8. The summed E-state index contributed by atoms with van der Waals surface area (Å²) in [5.74, 6) is -1.21. The van der Waals surface area contributed by atoms with Crippen LogP contribution in [0.3, 0.4) is 0 Å². The van der Waals surface area contributed by atoms with E-state index in [9.17, 15) is 15.0 Å². The lowest BCUT2D eigenvalue weighted by molar-refractivity contribution is 0.0689. The zero-order valence-electron chi connectivity index (χ0n) is 15.2. The van der Waals surface area contributed by atoms with E-state index in [2.05, 4.69) is 9.97 Å². The van der Waals surface area contributed by atoms with Crippen LogP contribution >= 0.6 is 11.3 Å². The fourth-order valence-corrected chi connectivity index (χ4v) is 3.29. The Labute approximate surface area is 155 Å². The SMILES string of the molecule is COc1c(-c2csc(CCCC(C)(C)O)n2)nc(C(N)=O)c(O)c1OC. The van der Waals surface area contributed by atoms with Crippen LogP contribution in [0.4, 0.5) is 0 Å². The third-order valence-electron chi connectivity index (χ3n) is 3.70. The number of carbonyl (C=O) groups excluding carboxylic acids is 1. The number of nitrogens with two attached hydrogens (primary N) is 1. The zero-order chi connectivity index (χ0) is 19.5. The minimum absolute atomic E-state index is 0.0251. The molecule has 0 fully saturated rings. The monoisotopic (exact) mass is 381 g/mol. The van der Waals surface area contributed by atoms with Gasteiger partial charge in [-0.05, 0) is 33.1 Å². The normalized spacial score (nSPS) is 11.4. The number of aliphatic hydroxyl groups is 1. The molecule has 0 unspecified atom stereocenters. The van der Waals surface area contributed by atoms with E-state index in [1.165, 1.54) is 25.6 Å². The molecule has 0 atom stereocenters. The molecule has 4 N–H and O–H groups in total. The van der Waals surface area contributed by atoms with Crippen LogP contribution in [0, 0.1) is 0 Å². The van der Waals surface area contributed by atoms with Crippen LogP contribution in [-0.4, -0.2) is 45.9 Å². The lowest BCUT2D eigenvalue weighted by atomic mass is 10.0. The van der Waals surface area contributed by atoms with Crippen molar-refractivity contribution in [2.24, 2.45) is 5.73 Å². The maximum absolute atomic E-state index is 11.6. The lowest BCUT2D eigenvalue weighted by Crippen LogP contribution is -2.18. The highest BCUT2D eigenvalue weighted by Crippen LogP contribution is 2.44. The Morgan fingerprint density at radius 1 is 1.27 bits per heavy atom. The van der Waals surface area contributed by atoms with Gasteiger partial charge in [0, 0.05) is 5.38 Å². The van der Waals surface area contributed by atoms with Gasteiger partial charge in [-0.2, -0.15) is 0 Å². The lowest BCUT2D eigenvalue weighted by Gasteiger charge is -2.15. The summed E-state index contributed by atoms with van der Waals surface area (Å²) in [4.78, 5) is 20.2. The van der Waals surface area contributed by atoms with Crippen LogP contribution in [0.2, 0.25) is 0 Å². The van der Waals surface area contributed by atoms with E-state index in [1.807, 2.05) is 0 Å². The Hall–Kier alpha value is -2.39. The van der Waals surface area contributed by atoms with Gasteiger partial charge in [-0.15, -0.1) is 11.3 Å². The number of methoxy groups -OCH3 is 2. The molecular weight excluding hydrogens is 358 g/mol. The molecule has 0 aliphatic heterocycles. The second-order valence-corrected chi connectivity index (χ2v) is 7.32. The molecule has 0 spiro atoms. The summed E-state index contributed by atoms with van der Waals surface area (Å²) >= 11 is 1.44. The van der Waals surface area contributed by atoms with Gasteiger partial charge in [-0.1, -0.05) is 0 Å². The average molecular weight is 381 g/mol. The van der Waals surface area contributed by atoms with Gasteiger partial charge in [-0.25, -0.2) is 9.97 Å². The number of primary amides is 1. The smallest absolute Gasteiger partial charge is 0.271 e. The molecule has 26 heavy (non-hydrogen) atoms. The summed E-state index contributed by atoms with van der Waals surface area (Å²) in [5.41, 5.74) is 5.02. The Morgan fingerprint density at radius 2 is 1.92 bits per heavy atom. The van der Waals surface area contributed by atoms with E-state index in [0.717, 1.165) is 11.4 Å². The number of hydrogen-bond donors (Lipinski definition) is 3. The summed E-state index contributed by atoms with van der Waals surface area (Å²) in [7, 11) is 2.75. The van der Waals surface area contributed by atoms with Crippen molar-refractivity contribution < 1.29 is 24.5 Å². The number of carbonyl (C=O) groups is 1. The van der Waals surface area contributed by atoms with E-state index in [4.69, 9.17) is 15.2 Å². The van der Waals surface area contributed by atoms with Gasteiger partial charge in [-0.3, -0.25) is 4.79 Å². The predicted molar refractivity (Wildman–Crippen MR) is 97.9 cm³/mol. The van der Waals surface area contributed by atoms with Crippen molar-refractivity contribution in [3.05, 3.63) is 16.1 Å². The molecule has 0 aliphatic carbocycles. The van der Waals surface area contributed by atoms with E-state index < -0.39 is 17.3 Å². The van der Waals surface area contributed by atoms with Gasteiger partial charge in [0.2, 0.25) is 5.75 Å². The first kappa shape index (κ1) is 19.9. The van der Waals surface area contributed by atoms with Crippen molar-refractivity contribution >= 4 is 17.2 Å². The topological polar surface area (TPSA) is 128 Å². The molecule has 1 amide bonds. The molecule has 2 heterocycles. The van der Waals surface area contributed by atoms with Crippen molar-refractivity contribution in [1.82, 2.24) is 9.97 Å². The molecule has 0 radical (unpaired) electrons. The highest BCUT2D eigenvalue weighted by molar-refractivity contribution is 7.09. The van der Waals surface area contributed by atoms with Crippen LogP contribution in [0.15, 0.2) is 5.38 Å². The second-order valence-electron chi connectivity index (χ2n) is 6.38. The van der Waals surface area contributed by atoms with Gasteiger partial charge >= 0.3 is 0 Å². The number of aromatic nitrogens is 2. The van der Waals surface area contributed by atoms with Crippen LogP contribution < -0.4 is 15.2 Å². The first-order valence-corrected chi connectivity index (χ1v) is 8.87. The molecule has 0 aromatic carbocycles. The summed E-state index contributed by atoms with van der Waals surface area (Å²) in [6.07, 6.45) is 2.14. The van der Waals surface area contributed by atoms with Crippen LogP contribution in [-0.2, 0) is 6.42 Å². The minimum atomic E-state index is -0.884. The number of thiazole rings is 1.